The molecule has 2 fully saturated rings. The van der Waals surface area contributed by atoms with E-state index in [9.17, 15) is 13.6 Å². The second-order valence-electron chi connectivity index (χ2n) is 8.89. The van der Waals surface area contributed by atoms with Crippen molar-refractivity contribution < 1.29 is 13.6 Å². The Hall–Kier alpha value is -2.48. The van der Waals surface area contributed by atoms with Crippen LogP contribution in [0, 0.1) is 11.6 Å². The number of carbonyl (C=O) groups is 1. The Morgan fingerprint density at radius 2 is 1.94 bits per heavy atom. The van der Waals surface area contributed by atoms with Gasteiger partial charge in [0.1, 0.15) is 0 Å². The molecule has 0 bridgehead atoms. The zero-order valence-electron chi connectivity index (χ0n) is 18.7. The molecule has 1 saturated heterocycles. The van der Waals surface area contributed by atoms with Crippen molar-refractivity contribution in [1.82, 2.24) is 20.4 Å². The smallest absolute Gasteiger partial charge is 0.251 e. The average Bonchev–Trinajstić information content (AvgIpc) is 3.60. The number of aryl methyl sites for hydroxylation is 1. The molecule has 0 radical (unpaired) electrons. The third-order valence-electron chi connectivity index (χ3n) is 6.65. The lowest BCUT2D eigenvalue weighted by Gasteiger charge is -2.33. The molecule has 2 atom stereocenters. The largest absolute Gasteiger partial charge is 0.347 e. The van der Waals surface area contributed by atoms with Crippen LogP contribution in [0.15, 0.2) is 42.6 Å². The summed E-state index contributed by atoms with van der Waals surface area (Å²) in [7, 11) is 1.85. The fourth-order valence-electron chi connectivity index (χ4n) is 4.77. The summed E-state index contributed by atoms with van der Waals surface area (Å²) in [4.78, 5) is 13.2. The van der Waals surface area contributed by atoms with E-state index in [1.54, 1.807) is 16.9 Å². The molecule has 1 aliphatic carbocycles. The zero-order valence-corrected chi connectivity index (χ0v) is 20.2. The topological polar surface area (TPSA) is 59.0 Å². The minimum atomic E-state index is -0.866. The highest BCUT2D eigenvalue weighted by Crippen LogP contribution is 2.45. The molecule has 9 heteroatoms. The van der Waals surface area contributed by atoms with Gasteiger partial charge in [0, 0.05) is 36.7 Å². The first-order valence-electron chi connectivity index (χ1n) is 11.2. The first-order valence-corrected chi connectivity index (χ1v) is 11.6. The van der Waals surface area contributed by atoms with Crippen LogP contribution in [-0.2, 0) is 7.05 Å². The molecule has 0 spiro atoms. The monoisotopic (exact) mass is 506 g/mol. The van der Waals surface area contributed by atoms with Crippen LogP contribution in [0.5, 0.6) is 0 Å². The lowest BCUT2D eigenvalue weighted by atomic mass is 9.85. The molecule has 2 aromatic carbocycles. The highest BCUT2D eigenvalue weighted by atomic mass is 35.5. The number of hydrogen-bond acceptors (Lipinski definition) is 3. The third-order valence-corrected chi connectivity index (χ3v) is 6.93. The van der Waals surface area contributed by atoms with Crippen molar-refractivity contribution in [2.75, 3.05) is 13.1 Å². The summed E-state index contributed by atoms with van der Waals surface area (Å²) in [6.07, 6.45) is 4.51. The van der Waals surface area contributed by atoms with Crippen molar-refractivity contribution in [3.05, 3.63) is 75.9 Å². The maximum absolute atomic E-state index is 13.8. The van der Waals surface area contributed by atoms with Crippen LogP contribution >= 0.6 is 24.0 Å². The number of piperidine rings is 1. The van der Waals surface area contributed by atoms with Crippen molar-refractivity contribution >= 4 is 29.9 Å². The number of aromatic nitrogens is 2. The van der Waals surface area contributed by atoms with Gasteiger partial charge in [-0.25, -0.2) is 8.78 Å². The van der Waals surface area contributed by atoms with Crippen LogP contribution in [0.4, 0.5) is 8.78 Å². The number of hydrogen-bond donors (Lipinski definition) is 2. The van der Waals surface area contributed by atoms with Crippen molar-refractivity contribution in [2.24, 2.45) is 7.05 Å². The molecule has 2 N–H and O–H groups in total. The second kappa shape index (κ2) is 10.0. The highest BCUT2D eigenvalue weighted by molar-refractivity contribution is 6.33. The molecule has 0 unspecified atom stereocenters. The van der Waals surface area contributed by atoms with E-state index in [0.29, 0.717) is 28.6 Å². The molecule has 5 rings (SSSR count). The van der Waals surface area contributed by atoms with Crippen molar-refractivity contribution in [3.8, 4) is 11.3 Å². The maximum Gasteiger partial charge on any atom is 0.251 e. The van der Waals surface area contributed by atoms with Gasteiger partial charge in [-0.1, -0.05) is 23.7 Å². The van der Waals surface area contributed by atoms with E-state index in [0.717, 1.165) is 48.7 Å². The summed E-state index contributed by atoms with van der Waals surface area (Å²) in [5.74, 6) is -1.60. The molecule has 34 heavy (non-hydrogen) atoms. The molecule has 5 nitrogen and oxygen atoms in total. The number of amides is 1. The number of rotatable bonds is 5. The molecule has 2 aliphatic rings. The Morgan fingerprint density at radius 1 is 1.15 bits per heavy atom. The Labute approximate surface area is 208 Å². The van der Waals surface area contributed by atoms with Gasteiger partial charge in [-0.2, -0.15) is 5.10 Å². The number of nitrogens with one attached hydrogen (secondary N) is 2. The van der Waals surface area contributed by atoms with Gasteiger partial charge in [0.25, 0.3) is 5.91 Å². The van der Waals surface area contributed by atoms with E-state index in [1.807, 2.05) is 25.2 Å². The van der Waals surface area contributed by atoms with E-state index < -0.39 is 11.6 Å². The summed E-state index contributed by atoms with van der Waals surface area (Å²) in [5.41, 5.74) is 4.22. The normalized spacial score (nSPS) is 20.0. The highest BCUT2D eigenvalue weighted by Gasteiger charge is 2.31. The lowest BCUT2D eigenvalue weighted by Crippen LogP contribution is -2.50. The predicted octanol–water partition coefficient (Wildman–Crippen LogP) is 5.19. The molecule has 3 aromatic rings. The first-order chi connectivity index (χ1) is 15.9. The number of nitrogens with zero attached hydrogens (tertiary/aromatic N) is 2. The van der Waals surface area contributed by atoms with Crippen molar-refractivity contribution in [1.29, 1.82) is 0 Å². The van der Waals surface area contributed by atoms with E-state index >= 15 is 0 Å². The Bertz CT molecular complexity index is 1190. The van der Waals surface area contributed by atoms with Crippen LogP contribution in [-0.4, -0.2) is 34.8 Å². The molecule has 1 saturated carbocycles. The van der Waals surface area contributed by atoms with E-state index in [4.69, 9.17) is 11.6 Å². The van der Waals surface area contributed by atoms with Crippen LogP contribution < -0.4 is 10.6 Å². The summed E-state index contributed by atoms with van der Waals surface area (Å²) in [6, 6.07) is 9.46. The predicted molar refractivity (Wildman–Crippen MR) is 131 cm³/mol. The van der Waals surface area contributed by atoms with Crippen LogP contribution in [0.3, 0.4) is 0 Å². The number of benzene rings is 2. The van der Waals surface area contributed by atoms with E-state index in [-0.39, 0.29) is 30.3 Å². The quantitative estimate of drug-likeness (QED) is 0.500. The zero-order chi connectivity index (χ0) is 23.1. The Balaban J connectivity index is 0.00000274. The van der Waals surface area contributed by atoms with Crippen LogP contribution in [0.2, 0.25) is 5.02 Å². The fraction of sp³-hybridized carbons (Fsp3) is 0.360. The third kappa shape index (κ3) is 4.83. The average molecular weight is 507 g/mol. The van der Waals surface area contributed by atoms with Gasteiger partial charge in [0.2, 0.25) is 0 Å². The summed E-state index contributed by atoms with van der Waals surface area (Å²) < 4.78 is 29.0. The van der Waals surface area contributed by atoms with Gasteiger partial charge in [-0.05, 0) is 67.1 Å². The SMILES string of the molecule is Cl.Cn1ncc(Cl)c1-c1ccc(C(=O)N[C@@H]2CNCC[C@H]2c2ccc(F)c(F)c2)cc1C1CC1. The minimum Gasteiger partial charge on any atom is -0.347 e. The molecule has 1 amide bonds. The van der Waals surface area contributed by atoms with Gasteiger partial charge in [0.05, 0.1) is 16.9 Å². The molecule has 1 aromatic heterocycles. The van der Waals surface area contributed by atoms with E-state index in [2.05, 4.69) is 15.7 Å². The van der Waals surface area contributed by atoms with Gasteiger partial charge in [0.15, 0.2) is 11.6 Å². The molecule has 2 heterocycles. The summed E-state index contributed by atoms with van der Waals surface area (Å²) in [6.45, 7) is 1.32. The van der Waals surface area contributed by atoms with Gasteiger partial charge in [-0.3, -0.25) is 9.48 Å². The second-order valence-corrected chi connectivity index (χ2v) is 9.30. The van der Waals surface area contributed by atoms with Gasteiger partial charge in [-0.15, -0.1) is 12.4 Å². The number of carbonyl (C=O) groups excluding carboxylic acids is 1. The standard InChI is InChI=1S/C25H25ClF2N4O.ClH/c1-32-24(20(26)12-30-32)18-6-4-16(10-19(18)14-2-3-14)25(33)31-23-13-29-9-8-17(23)15-5-7-21(27)22(28)11-15;/h4-7,10-12,14,17,23,29H,2-3,8-9,13H2,1H3,(H,31,33);1H/t17-,23+;/m0./s1. The van der Waals surface area contributed by atoms with E-state index in [1.165, 1.54) is 6.07 Å². The summed E-state index contributed by atoms with van der Waals surface area (Å²) >= 11 is 6.38. The maximum atomic E-state index is 13.8. The van der Waals surface area contributed by atoms with Crippen molar-refractivity contribution in [2.45, 2.75) is 37.1 Å². The number of halogens is 4. The van der Waals surface area contributed by atoms with Gasteiger partial charge >= 0.3 is 0 Å². The fourth-order valence-corrected chi connectivity index (χ4v) is 5.04. The Morgan fingerprint density at radius 3 is 2.62 bits per heavy atom. The molecule has 1 aliphatic heterocycles. The van der Waals surface area contributed by atoms with Crippen LogP contribution in [0.1, 0.15) is 52.6 Å². The molecular formula is C25H26Cl2F2N4O. The Kier molecular flexibility index (Phi) is 7.26. The van der Waals surface area contributed by atoms with Crippen LogP contribution in [0.25, 0.3) is 11.3 Å². The summed E-state index contributed by atoms with van der Waals surface area (Å²) in [5, 5.41) is 11.2. The molecular weight excluding hydrogens is 481 g/mol. The minimum absolute atomic E-state index is 0. The van der Waals surface area contributed by atoms with Gasteiger partial charge < -0.3 is 10.6 Å². The first kappa shape index (κ1) is 24.6. The van der Waals surface area contributed by atoms with Crippen molar-refractivity contribution in [3.63, 3.8) is 0 Å². The molecule has 180 valence electrons. The lowest BCUT2D eigenvalue weighted by molar-refractivity contribution is 0.0924.